The Kier molecular flexibility index (Phi) is 7.89. The van der Waals surface area contributed by atoms with Crippen LogP contribution in [0.4, 0.5) is 0 Å². The van der Waals surface area contributed by atoms with E-state index in [1.807, 2.05) is 66.7 Å². The zero-order valence-electron chi connectivity index (χ0n) is 24.3. The van der Waals surface area contributed by atoms with Gasteiger partial charge in [-0.2, -0.15) is 0 Å². The largest absolute Gasteiger partial charge is 0.489 e. The summed E-state index contributed by atoms with van der Waals surface area (Å²) in [6.45, 7) is 6.97. The number of hydrogen-bond donors (Lipinski definition) is 1. The molecular weight excluding hydrogens is 518 g/mol. The number of aryl methyl sites for hydroxylation is 1. The number of carbonyl (C=O) groups is 1. The van der Waals surface area contributed by atoms with Gasteiger partial charge >= 0.3 is 5.97 Å². The first-order chi connectivity index (χ1) is 20.5. The first-order valence-electron chi connectivity index (χ1n) is 14.5. The Labute approximate surface area is 246 Å². The second-order valence-corrected chi connectivity index (χ2v) is 11.1. The van der Waals surface area contributed by atoms with Gasteiger partial charge in [0.15, 0.2) is 0 Å². The van der Waals surface area contributed by atoms with E-state index in [9.17, 15) is 4.79 Å². The second kappa shape index (κ2) is 12.1. The lowest BCUT2D eigenvalue weighted by molar-refractivity contribution is 0.0175. The van der Waals surface area contributed by atoms with Crippen LogP contribution in [0.25, 0.3) is 43.4 Å². The third-order valence-corrected chi connectivity index (χ3v) is 7.74. The molecule has 1 unspecified atom stereocenters. The highest BCUT2D eigenvalue weighted by Gasteiger charge is 2.24. The minimum Gasteiger partial charge on any atom is -0.489 e. The van der Waals surface area contributed by atoms with Gasteiger partial charge in [-0.25, -0.2) is 4.79 Å². The maximum absolute atomic E-state index is 14.1. The Hall–Kier alpha value is -4.67. The number of fused-ring (bicyclic) bond motifs is 3. The van der Waals surface area contributed by atoms with Gasteiger partial charge in [0, 0.05) is 23.5 Å². The zero-order chi connectivity index (χ0) is 29.1. The number of rotatable bonds is 9. The molecular formula is C38H35NO3. The minimum atomic E-state index is -0.494. The summed E-state index contributed by atoms with van der Waals surface area (Å²) in [4.78, 5) is 14.1. The van der Waals surface area contributed by atoms with Crippen LogP contribution >= 0.6 is 0 Å². The van der Waals surface area contributed by atoms with E-state index in [-0.39, 0.29) is 18.6 Å². The standard InChI is InChI=1S/C38H35NO3/c1-25(2)39-23-30(24-41-35-18-10-14-27-11-4-7-15-31(27)35)42-38(40)34-22-21-29-13-6-9-17-33(29)37(34)36-26(3)19-20-28-12-5-8-16-32(28)36/h4-22,25,30,39H,23-24H2,1-3H3. The molecule has 0 amide bonds. The van der Waals surface area contributed by atoms with Crippen LogP contribution in [-0.2, 0) is 4.74 Å². The van der Waals surface area contributed by atoms with E-state index in [2.05, 4.69) is 74.6 Å². The van der Waals surface area contributed by atoms with Crippen molar-refractivity contribution in [2.24, 2.45) is 0 Å². The molecule has 4 heteroatoms. The fraction of sp³-hybridized carbons (Fsp3) is 0.184. The molecule has 0 bridgehead atoms. The van der Waals surface area contributed by atoms with Crippen molar-refractivity contribution in [1.82, 2.24) is 5.32 Å². The minimum absolute atomic E-state index is 0.232. The summed E-state index contributed by atoms with van der Waals surface area (Å²) in [5.41, 5.74) is 3.61. The van der Waals surface area contributed by atoms with Gasteiger partial charge in [0.05, 0.1) is 5.56 Å². The van der Waals surface area contributed by atoms with E-state index in [0.717, 1.165) is 54.8 Å². The van der Waals surface area contributed by atoms with Crippen LogP contribution in [0.1, 0.15) is 29.8 Å². The summed E-state index contributed by atoms with van der Waals surface area (Å²) < 4.78 is 12.6. The fourth-order valence-corrected chi connectivity index (χ4v) is 5.64. The maximum atomic E-state index is 14.1. The maximum Gasteiger partial charge on any atom is 0.339 e. The van der Waals surface area contributed by atoms with E-state index >= 15 is 0 Å². The molecule has 0 fully saturated rings. The van der Waals surface area contributed by atoms with Crippen LogP contribution < -0.4 is 10.1 Å². The van der Waals surface area contributed by atoms with E-state index in [4.69, 9.17) is 9.47 Å². The molecule has 6 aromatic rings. The SMILES string of the molecule is Cc1ccc2ccccc2c1-c1c(C(=O)OC(CNC(C)C)COc2cccc3ccccc23)ccc2ccccc12. The molecule has 6 rings (SSSR count). The van der Waals surface area contributed by atoms with Gasteiger partial charge in [-0.1, -0.05) is 117 Å². The molecule has 0 radical (unpaired) electrons. The van der Waals surface area contributed by atoms with Crippen molar-refractivity contribution >= 4 is 38.3 Å². The molecule has 0 aromatic heterocycles. The molecule has 0 saturated heterocycles. The van der Waals surface area contributed by atoms with Gasteiger partial charge in [-0.3, -0.25) is 0 Å². The lowest BCUT2D eigenvalue weighted by atomic mass is 9.87. The normalized spacial score (nSPS) is 12.2. The average molecular weight is 554 g/mol. The number of hydrogen-bond acceptors (Lipinski definition) is 4. The number of carbonyl (C=O) groups excluding carboxylic acids is 1. The van der Waals surface area contributed by atoms with Crippen LogP contribution in [-0.4, -0.2) is 31.3 Å². The van der Waals surface area contributed by atoms with Crippen LogP contribution in [0.2, 0.25) is 0 Å². The number of esters is 1. The summed E-state index contributed by atoms with van der Waals surface area (Å²) in [6.07, 6.45) is -0.494. The highest BCUT2D eigenvalue weighted by molar-refractivity contribution is 6.13. The molecule has 0 aliphatic carbocycles. The van der Waals surface area contributed by atoms with Gasteiger partial charge in [-0.05, 0) is 57.1 Å². The van der Waals surface area contributed by atoms with Crippen molar-refractivity contribution in [2.45, 2.75) is 32.9 Å². The summed E-state index contributed by atoms with van der Waals surface area (Å²) in [5, 5.41) is 9.91. The quantitative estimate of drug-likeness (QED) is 0.182. The predicted molar refractivity (Wildman–Crippen MR) is 173 cm³/mol. The van der Waals surface area contributed by atoms with Crippen LogP contribution in [0.15, 0.2) is 115 Å². The number of benzene rings is 6. The third-order valence-electron chi connectivity index (χ3n) is 7.74. The first kappa shape index (κ1) is 27.5. The van der Waals surface area contributed by atoms with E-state index in [0.29, 0.717) is 12.1 Å². The summed E-state index contributed by atoms with van der Waals surface area (Å²) in [7, 11) is 0. The van der Waals surface area contributed by atoms with Gasteiger partial charge in [0.1, 0.15) is 18.5 Å². The Bertz CT molecular complexity index is 1890. The Morgan fingerprint density at radius 1 is 0.667 bits per heavy atom. The van der Waals surface area contributed by atoms with Crippen LogP contribution in [0.5, 0.6) is 5.75 Å². The zero-order valence-corrected chi connectivity index (χ0v) is 24.3. The molecule has 0 spiro atoms. The van der Waals surface area contributed by atoms with E-state index < -0.39 is 6.10 Å². The van der Waals surface area contributed by atoms with E-state index in [1.54, 1.807) is 0 Å². The van der Waals surface area contributed by atoms with Crippen molar-refractivity contribution in [3.8, 4) is 16.9 Å². The number of ether oxygens (including phenoxy) is 2. The highest BCUT2D eigenvalue weighted by atomic mass is 16.6. The van der Waals surface area contributed by atoms with Crippen molar-refractivity contribution in [3.63, 3.8) is 0 Å². The van der Waals surface area contributed by atoms with Gasteiger partial charge in [-0.15, -0.1) is 0 Å². The molecule has 0 heterocycles. The van der Waals surface area contributed by atoms with Gasteiger partial charge in [0.25, 0.3) is 0 Å². The van der Waals surface area contributed by atoms with Gasteiger partial charge in [0.2, 0.25) is 0 Å². The summed E-state index contributed by atoms with van der Waals surface area (Å²) in [5.74, 6) is 0.414. The van der Waals surface area contributed by atoms with Crippen molar-refractivity contribution in [2.75, 3.05) is 13.2 Å². The lowest BCUT2D eigenvalue weighted by Gasteiger charge is -2.22. The number of nitrogens with one attached hydrogen (secondary N) is 1. The molecule has 0 saturated carbocycles. The second-order valence-electron chi connectivity index (χ2n) is 11.1. The molecule has 0 aliphatic rings. The molecule has 210 valence electrons. The first-order valence-corrected chi connectivity index (χ1v) is 14.5. The highest BCUT2D eigenvalue weighted by Crippen LogP contribution is 2.39. The summed E-state index contributed by atoms with van der Waals surface area (Å²) >= 11 is 0. The Balaban J connectivity index is 1.38. The fourth-order valence-electron chi connectivity index (χ4n) is 5.64. The smallest absolute Gasteiger partial charge is 0.339 e. The molecule has 1 N–H and O–H groups in total. The summed E-state index contributed by atoms with van der Waals surface area (Å²) in [6, 6.07) is 39.1. The van der Waals surface area contributed by atoms with Crippen molar-refractivity contribution in [3.05, 3.63) is 126 Å². The molecule has 42 heavy (non-hydrogen) atoms. The van der Waals surface area contributed by atoms with Crippen LogP contribution in [0, 0.1) is 6.92 Å². The van der Waals surface area contributed by atoms with Crippen LogP contribution in [0.3, 0.4) is 0 Å². The third kappa shape index (κ3) is 5.59. The molecule has 4 nitrogen and oxygen atoms in total. The average Bonchev–Trinajstić information content (AvgIpc) is 3.01. The molecule has 0 aliphatic heterocycles. The monoisotopic (exact) mass is 553 g/mol. The van der Waals surface area contributed by atoms with Crippen molar-refractivity contribution in [1.29, 1.82) is 0 Å². The Morgan fingerprint density at radius 2 is 1.24 bits per heavy atom. The van der Waals surface area contributed by atoms with Gasteiger partial charge < -0.3 is 14.8 Å². The lowest BCUT2D eigenvalue weighted by Crippen LogP contribution is -2.38. The van der Waals surface area contributed by atoms with E-state index in [1.165, 1.54) is 0 Å². The Morgan fingerprint density at radius 3 is 1.93 bits per heavy atom. The topological polar surface area (TPSA) is 47.6 Å². The van der Waals surface area contributed by atoms with Crippen molar-refractivity contribution < 1.29 is 14.3 Å². The predicted octanol–water partition coefficient (Wildman–Crippen LogP) is 8.72. The molecule has 1 atom stereocenters. The molecule has 6 aromatic carbocycles.